The van der Waals surface area contributed by atoms with Gasteiger partial charge in [0.05, 0.1) is 6.26 Å². The normalized spacial score (nSPS) is 20.8. The number of hydrogen-bond donors (Lipinski definition) is 0. The molecule has 1 fully saturated rings. The summed E-state index contributed by atoms with van der Waals surface area (Å²) in [7, 11) is -3.22. The summed E-state index contributed by atoms with van der Waals surface area (Å²) in [5.74, 6) is -0.211. The van der Waals surface area contributed by atoms with E-state index in [2.05, 4.69) is 0 Å². The van der Waals surface area contributed by atoms with Crippen molar-refractivity contribution in [2.45, 2.75) is 52.2 Å². The highest BCUT2D eigenvalue weighted by Gasteiger charge is 2.32. The third kappa shape index (κ3) is 5.36. The van der Waals surface area contributed by atoms with E-state index in [0.29, 0.717) is 38.2 Å². The van der Waals surface area contributed by atoms with Crippen molar-refractivity contribution in [2.75, 3.05) is 25.9 Å². The Hall–Kier alpha value is -1.93. The van der Waals surface area contributed by atoms with Crippen LogP contribution in [-0.2, 0) is 27.7 Å². The predicted molar refractivity (Wildman–Crippen MR) is 110 cm³/mol. The van der Waals surface area contributed by atoms with Crippen molar-refractivity contribution in [3.63, 3.8) is 0 Å². The van der Waals surface area contributed by atoms with Gasteiger partial charge >= 0.3 is 6.09 Å². The van der Waals surface area contributed by atoms with Crippen LogP contribution in [0, 0.1) is 5.92 Å². The van der Waals surface area contributed by atoms with Crippen LogP contribution in [0.2, 0.25) is 0 Å². The molecule has 8 heteroatoms. The molecule has 1 aromatic rings. The van der Waals surface area contributed by atoms with E-state index >= 15 is 0 Å². The Morgan fingerprint density at radius 2 is 1.86 bits per heavy atom. The van der Waals surface area contributed by atoms with Crippen LogP contribution < -0.4 is 0 Å². The van der Waals surface area contributed by atoms with Gasteiger partial charge in [0.2, 0.25) is 10.0 Å². The monoisotopic (exact) mass is 422 g/mol. The first kappa shape index (κ1) is 21.8. The van der Waals surface area contributed by atoms with Gasteiger partial charge in [-0.1, -0.05) is 12.1 Å². The van der Waals surface area contributed by atoms with Gasteiger partial charge < -0.3 is 9.64 Å². The Labute approximate surface area is 173 Å². The molecule has 3 rings (SSSR count). The summed E-state index contributed by atoms with van der Waals surface area (Å²) in [5, 5.41) is 0. The summed E-state index contributed by atoms with van der Waals surface area (Å²) in [4.78, 5) is 27.1. The van der Waals surface area contributed by atoms with Crippen LogP contribution in [0.25, 0.3) is 0 Å². The van der Waals surface area contributed by atoms with Crippen LogP contribution in [0.15, 0.2) is 18.2 Å². The highest BCUT2D eigenvalue weighted by molar-refractivity contribution is 7.88. The average Bonchev–Trinajstić information content (AvgIpc) is 2.64. The molecular weight excluding hydrogens is 392 g/mol. The second-order valence-electron chi connectivity index (χ2n) is 8.96. The number of carbonyl (C=O) groups is 2. The van der Waals surface area contributed by atoms with E-state index in [9.17, 15) is 18.0 Å². The number of amides is 1. The third-order valence-corrected chi connectivity index (χ3v) is 6.63. The summed E-state index contributed by atoms with van der Waals surface area (Å²) in [6.07, 6.45) is 2.95. The lowest BCUT2D eigenvalue weighted by Gasteiger charge is -2.33. The molecule has 0 aliphatic carbocycles. The summed E-state index contributed by atoms with van der Waals surface area (Å²) in [6.45, 7) is 7.23. The molecule has 160 valence electrons. The molecule has 1 saturated heterocycles. The van der Waals surface area contributed by atoms with Crippen molar-refractivity contribution < 1.29 is 22.7 Å². The van der Waals surface area contributed by atoms with Gasteiger partial charge in [-0.25, -0.2) is 13.2 Å². The molecule has 0 aromatic heterocycles. The average molecular weight is 423 g/mol. The minimum Gasteiger partial charge on any atom is -0.444 e. The molecule has 1 unspecified atom stereocenters. The minimum atomic E-state index is -3.22. The number of carbonyl (C=O) groups excluding carboxylic acids is 2. The van der Waals surface area contributed by atoms with Gasteiger partial charge in [-0.2, -0.15) is 4.31 Å². The van der Waals surface area contributed by atoms with Gasteiger partial charge in [0, 0.05) is 37.7 Å². The second kappa shape index (κ2) is 8.07. The fourth-order valence-electron chi connectivity index (χ4n) is 3.88. The van der Waals surface area contributed by atoms with Gasteiger partial charge in [0.15, 0.2) is 5.78 Å². The molecule has 0 N–H and O–H groups in total. The molecule has 2 aliphatic rings. The predicted octanol–water partition coefficient (Wildman–Crippen LogP) is 2.83. The van der Waals surface area contributed by atoms with Crippen molar-refractivity contribution >= 4 is 21.9 Å². The maximum atomic E-state index is 13.1. The van der Waals surface area contributed by atoms with Crippen LogP contribution in [0.5, 0.6) is 0 Å². The largest absolute Gasteiger partial charge is 0.444 e. The van der Waals surface area contributed by atoms with Crippen LogP contribution >= 0.6 is 0 Å². The van der Waals surface area contributed by atoms with E-state index < -0.39 is 15.6 Å². The third-order valence-electron chi connectivity index (χ3n) is 5.38. The summed E-state index contributed by atoms with van der Waals surface area (Å²) < 4.78 is 30.5. The number of nitrogens with zero attached hydrogens (tertiary/aromatic N) is 2. The van der Waals surface area contributed by atoms with Crippen molar-refractivity contribution in [2.24, 2.45) is 5.92 Å². The summed E-state index contributed by atoms with van der Waals surface area (Å²) in [5.41, 5.74) is 2.03. The minimum absolute atomic E-state index is 0.0339. The van der Waals surface area contributed by atoms with Crippen LogP contribution in [0.4, 0.5) is 4.79 Å². The number of Topliss-reactive ketones (excluding diaryl/α,β-unsaturated/α-hetero) is 1. The summed E-state index contributed by atoms with van der Waals surface area (Å²) >= 11 is 0. The number of sulfonamides is 1. The zero-order valence-corrected chi connectivity index (χ0v) is 18.4. The first-order valence-corrected chi connectivity index (χ1v) is 11.9. The van der Waals surface area contributed by atoms with E-state index in [4.69, 9.17) is 4.74 Å². The number of likely N-dealkylation sites (tertiary alicyclic amines) is 1. The van der Waals surface area contributed by atoms with Gasteiger partial charge in [0.1, 0.15) is 5.60 Å². The van der Waals surface area contributed by atoms with Crippen molar-refractivity contribution in [3.05, 3.63) is 34.9 Å². The van der Waals surface area contributed by atoms with E-state index in [1.807, 2.05) is 32.9 Å². The highest BCUT2D eigenvalue weighted by atomic mass is 32.2. The molecular formula is C21H30N2O5S. The molecule has 2 aliphatic heterocycles. The van der Waals surface area contributed by atoms with Gasteiger partial charge in [0.25, 0.3) is 0 Å². The number of fused-ring (bicyclic) bond motifs is 1. The molecule has 2 heterocycles. The van der Waals surface area contributed by atoms with Crippen molar-refractivity contribution in [1.29, 1.82) is 0 Å². The van der Waals surface area contributed by atoms with Gasteiger partial charge in [-0.05, 0) is 57.2 Å². The standard InChI is InChI=1S/C21H30N2O5S/c1-21(2,3)28-20(25)22-10-5-6-18(13-22)19(24)16-7-8-17-14-23(29(4,26)27)11-9-15(17)12-16/h7-8,12,18H,5-6,9-11,13-14H2,1-4H3. The second-order valence-corrected chi connectivity index (χ2v) is 10.9. The zero-order chi connectivity index (χ0) is 21.4. The lowest BCUT2D eigenvalue weighted by atomic mass is 9.88. The molecule has 7 nitrogen and oxygen atoms in total. The van der Waals surface area contributed by atoms with E-state index in [-0.39, 0.29) is 17.8 Å². The first-order valence-electron chi connectivity index (χ1n) is 10.0. The lowest BCUT2D eigenvalue weighted by Crippen LogP contribution is -2.44. The number of rotatable bonds is 3. The van der Waals surface area contributed by atoms with Crippen molar-refractivity contribution in [3.8, 4) is 0 Å². The number of hydrogen-bond acceptors (Lipinski definition) is 5. The zero-order valence-electron chi connectivity index (χ0n) is 17.6. The van der Waals surface area contributed by atoms with Gasteiger partial charge in [-0.15, -0.1) is 0 Å². The maximum Gasteiger partial charge on any atom is 0.410 e. The quantitative estimate of drug-likeness (QED) is 0.700. The molecule has 29 heavy (non-hydrogen) atoms. The number of ether oxygens (including phenoxy) is 1. The molecule has 0 spiro atoms. The highest BCUT2D eigenvalue weighted by Crippen LogP contribution is 2.26. The van der Waals surface area contributed by atoms with Crippen molar-refractivity contribution in [1.82, 2.24) is 9.21 Å². The lowest BCUT2D eigenvalue weighted by molar-refractivity contribution is 0.0172. The number of ketones is 1. The Kier molecular flexibility index (Phi) is 6.06. The van der Waals surface area contributed by atoms with Gasteiger partial charge in [-0.3, -0.25) is 4.79 Å². The Morgan fingerprint density at radius 1 is 1.14 bits per heavy atom. The topological polar surface area (TPSA) is 84.0 Å². The Bertz CT molecular complexity index is 904. The van der Waals surface area contributed by atoms with E-state index in [0.717, 1.165) is 24.0 Å². The number of benzene rings is 1. The fourth-order valence-corrected chi connectivity index (χ4v) is 4.68. The smallest absolute Gasteiger partial charge is 0.410 e. The van der Waals surface area contributed by atoms with Crippen LogP contribution in [0.1, 0.15) is 55.1 Å². The maximum absolute atomic E-state index is 13.1. The van der Waals surface area contributed by atoms with Crippen LogP contribution in [0.3, 0.4) is 0 Å². The van der Waals surface area contributed by atoms with Crippen LogP contribution in [-0.4, -0.2) is 61.0 Å². The number of piperidine rings is 1. The summed E-state index contributed by atoms with van der Waals surface area (Å²) in [6, 6.07) is 5.53. The van der Waals surface area contributed by atoms with E-state index in [1.54, 1.807) is 11.0 Å². The fraction of sp³-hybridized carbons (Fsp3) is 0.619. The molecule has 1 aromatic carbocycles. The Morgan fingerprint density at radius 3 is 2.52 bits per heavy atom. The Balaban J connectivity index is 1.70. The molecule has 1 amide bonds. The molecule has 0 saturated carbocycles. The molecule has 0 radical (unpaired) electrons. The van der Waals surface area contributed by atoms with E-state index in [1.165, 1.54) is 10.6 Å². The SMILES string of the molecule is CC(C)(C)OC(=O)N1CCCC(C(=O)c2ccc3c(c2)CCN(S(C)(=O)=O)C3)C1. The molecule has 0 bridgehead atoms. The first-order chi connectivity index (χ1) is 13.4. The molecule has 1 atom stereocenters.